The summed E-state index contributed by atoms with van der Waals surface area (Å²) in [6.45, 7) is 0. The standard InChI is InChI=1S/BO3.Gd.Li.Y/c2-1(3)4;;;/q-3;+3;+1;+3. The van der Waals surface area contributed by atoms with Gasteiger partial charge in [-0.05, 0) is 0 Å². The van der Waals surface area contributed by atoms with Crippen molar-refractivity contribution in [2.45, 2.75) is 0 Å². The van der Waals surface area contributed by atoms with Gasteiger partial charge in [-0.3, -0.25) is 7.32 Å². The summed E-state index contributed by atoms with van der Waals surface area (Å²) in [5, 5.41) is 25.2. The molecule has 0 rings (SSSR count). The monoisotopic (exact) mass is 313 g/mol. The molecule has 0 atom stereocenters. The topological polar surface area (TPSA) is 69.2 Å². The maximum atomic E-state index is 8.42. The van der Waals surface area contributed by atoms with E-state index in [9.17, 15) is 0 Å². The summed E-state index contributed by atoms with van der Waals surface area (Å²) in [6.07, 6.45) is 0. The van der Waals surface area contributed by atoms with Gasteiger partial charge in [-0.2, -0.15) is 0 Å². The summed E-state index contributed by atoms with van der Waals surface area (Å²) in [7, 11) is -2.92. The Morgan fingerprint density at radius 3 is 1.00 bits per heavy atom. The first-order valence-corrected chi connectivity index (χ1v) is 0.707. The Balaban J connectivity index is -0.0000000150. The third-order valence-electron chi connectivity index (χ3n) is 0. The summed E-state index contributed by atoms with van der Waals surface area (Å²) >= 11 is 0. The van der Waals surface area contributed by atoms with Crippen LogP contribution in [0.1, 0.15) is 0 Å². The van der Waals surface area contributed by atoms with Gasteiger partial charge in [0.2, 0.25) is 0 Å². The molecule has 0 fully saturated rings. The predicted octanol–water partition coefficient (Wildman–Crippen LogP) is -6.95. The molecule has 3 nitrogen and oxygen atoms in total. The molecule has 7 heteroatoms. The Morgan fingerprint density at radius 2 is 1.00 bits per heavy atom. The van der Waals surface area contributed by atoms with Crippen LogP contribution in [0.5, 0.6) is 0 Å². The molecule has 7 heavy (non-hydrogen) atoms. The second-order valence-electron chi connectivity index (χ2n) is 0.289. The molecular weight excluding hydrogens is 312 g/mol. The predicted molar refractivity (Wildman–Crippen MR) is 5.75 cm³/mol. The molecule has 0 aromatic heterocycles. The van der Waals surface area contributed by atoms with E-state index < -0.39 is 7.32 Å². The average molecular weight is 312 g/mol. The number of rotatable bonds is 0. The van der Waals surface area contributed by atoms with Crippen molar-refractivity contribution in [1.29, 1.82) is 0 Å². The molecule has 0 aliphatic heterocycles. The van der Waals surface area contributed by atoms with E-state index in [1.807, 2.05) is 0 Å². The molecule has 0 aliphatic rings. The zero-order valence-corrected chi connectivity index (χ0v) is 8.84. The molecular formula is BGdLiO3Y+4. The van der Waals surface area contributed by atoms with Crippen molar-refractivity contribution >= 4 is 7.32 Å². The second-order valence-corrected chi connectivity index (χ2v) is 0.289. The van der Waals surface area contributed by atoms with Crippen LogP contribution in [-0.2, 0) is 32.7 Å². The minimum Gasteiger partial charge on any atom is -0.907 e. The largest absolute Gasteiger partial charge is 3.00 e. The van der Waals surface area contributed by atoms with Gasteiger partial charge in [0, 0.05) is 0 Å². The maximum Gasteiger partial charge on any atom is 3.00 e. The molecule has 0 heterocycles. The summed E-state index contributed by atoms with van der Waals surface area (Å²) in [6, 6.07) is 0. The number of hydrogen-bond donors (Lipinski definition) is 0. The van der Waals surface area contributed by atoms with Crippen molar-refractivity contribution < 1.29 is 107 Å². The van der Waals surface area contributed by atoms with E-state index in [1.165, 1.54) is 0 Å². The van der Waals surface area contributed by atoms with E-state index in [2.05, 4.69) is 0 Å². The van der Waals surface area contributed by atoms with E-state index in [4.69, 9.17) is 15.1 Å². The van der Waals surface area contributed by atoms with E-state index >= 15 is 0 Å². The third-order valence-corrected chi connectivity index (χ3v) is 0. The van der Waals surface area contributed by atoms with Crippen LogP contribution in [0.2, 0.25) is 0 Å². The van der Waals surface area contributed by atoms with E-state index in [-0.39, 0.29) is 91.5 Å². The van der Waals surface area contributed by atoms with E-state index in [0.717, 1.165) is 0 Å². The molecule has 0 saturated heterocycles. The Hall–Kier alpha value is 2.97. The summed E-state index contributed by atoms with van der Waals surface area (Å²) in [5.74, 6) is 0. The van der Waals surface area contributed by atoms with Gasteiger partial charge < -0.3 is 15.1 Å². The van der Waals surface area contributed by atoms with Crippen LogP contribution < -0.4 is 33.9 Å². The van der Waals surface area contributed by atoms with Crippen LogP contribution in [0.4, 0.5) is 0 Å². The van der Waals surface area contributed by atoms with Gasteiger partial charge in [0.15, 0.2) is 0 Å². The smallest absolute Gasteiger partial charge is 0.907 e. The van der Waals surface area contributed by atoms with E-state index in [1.54, 1.807) is 0 Å². The molecule has 0 aromatic carbocycles. The minimum absolute atomic E-state index is 0. The molecule has 29 valence electrons. The molecule has 0 N–H and O–H groups in total. The van der Waals surface area contributed by atoms with Crippen LogP contribution >= 0.6 is 0 Å². The van der Waals surface area contributed by atoms with Gasteiger partial charge in [0.1, 0.15) is 0 Å². The molecule has 0 amide bonds. The summed E-state index contributed by atoms with van der Waals surface area (Å²) in [4.78, 5) is 0. The van der Waals surface area contributed by atoms with Crippen molar-refractivity contribution in [3.63, 3.8) is 0 Å². The van der Waals surface area contributed by atoms with Gasteiger partial charge in [-0.25, -0.2) is 0 Å². The fourth-order valence-electron chi connectivity index (χ4n) is 0. The Labute approximate surface area is 112 Å². The van der Waals surface area contributed by atoms with Crippen molar-refractivity contribution in [1.82, 2.24) is 0 Å². The Morgan fingerprint density at radius 1 is 1.00 bits per heavy atom. The van der Waals surface area contributed by atoms with Crippen molar-refractivity contribution in [2.75, 3.05) is 0 Å². The molecule has 0 bridgehead atoms. The van der Waals surface area contributed by atoms with Gasteiger partial charge in [-0.1, -0.05) is 0 Å². The van der Waals surface area contributed by atoms with Crippen LogP contribution in [0.15, 0.2) is 0 Å². The first-order valence-electron chi connectivity index (χ1n) is 0.707. The minimum atomic E-state index is -2.92. The van der Waals surface area contributed by atoms with Crippen LogP contribution in [0.3, 0.4) is 0 Å². The Bertz CT molecular complexity index is 19.7. The SMILES string of the molecule is [Gd+3].[Li+].[O-]B([O-])[O-].[Y+3]. The second kappa shape index (κ2) is 16.0. The van der Waals surface area contributed by atoms with Crippen molar-refractivity contribution in [3.8, 4) is 0 Å². The molecule has 0 spiro atoms. The average Bonchev–Trinajstić information content (AvgIpc) is 0.811. The van der Waals surface area contributed by atoms with Gasteiger partial charge >= 0.3 is 91.5 Å². The third kappa shape index (κ3) is 49.4. The van der Waals surface area contributed by atoms with Gasteiger partial charge in [0.05, 0.1) is 0 Å². The van der Waals surface area contributed by atoms with Crippen LogP contribution in [0, 0.1) is 39.9 Å². The molecule has 0 aromatic rings. The molecule has 0 saturated carbocycles. The fraction of sp³-hybridized carbons (Fsp3) is 0. The Kier molecular flexibility index (Phi) is 51.4. The van der Waals surface area contributed by atoms with Gasteiger partial charge in [-0.15, -0.1) is 0 Å². The van der Waals surface area contributed by atoms with E-state index in [0.29, 0.717) is 0 Å². The fourth-order valence-corrected chi connectivity index (χ4v) is 0. The maximum absolute atomic E-state index is 8.42. The van der Waals surface area contributed by atoms with Crippen LogP contribution in [0.25, 0.3) is 0 Å². The molecule has 0 aliphatic carbocycles. The normalized spacial score (nSPS) is 3.86. The quantitative estimate of drug-likeness (QED) is 0.418. The molecule has 0 unspecified atom stereocenters. The number of hydrogen-bond acceptors (Lipinski definition) is 3. The molecule has 1 radical (unpaired) electrons. The zero-order valence-electron chi connectivity index (χ0n) is 3.73. The van der Waals surface area contributed by atoms with Crippen LogP contribution in [-0.4, -0.2) is 7.32 Å². The first-order chi connectivity index (χ1) is 1.73. The van der Waals surface area contributed by atoms with Crippen molar-refractivity contribution in [3.05, 3.63) is 0 Å². The van der Waals surface area contributed by atoms with Gasteiger partial charge in [0.25, 0.3) is 0 Å². The summed E-state index contributed by atoms with van der Waals surface area (Å²) in [5.41, 5.74) is 0. The summed E-state index contributed by atoms with van der Waals surface area (Å²) < 4.78 is 0. The first kappa shape index (κ1) is 22.5. The zero-order chi connectivity index (χ0) is 3.58. The van der Waals surface area contributed by atoms with Crippen molar-refractivity contribution in [2.24, 2.45) is 0 Å².